The highest BCUT2D eigenvalue weighted by Gasteiger charge is 2.29. The van der Waals surface area contributed by atoms with Crippen LogP contribution in [0.25, 0.3) is 5.65 Å². The number of rotatable bonds is 4. The van der Waals surface area contributed by atoms with Gasteiger partial charge in [-0.05, 0) is 25.1 Å². The quantitative estimate of drug-likeness (QED) is 0.463. The first-order valence-electron chi connectivity index (χ1n) is 9.09. The topological polar surface area (TPSA) is 148 Å². The molecule has 3 amide bonds. The van der Waals surface area contributed by atoms with Gasteiger partial charge in [0.15, 0.2) is 6.61 Å². The van der Waals surface area contributed by atoms with Crippen LogP contribution in [0.1, 0.15) is 16.2 Å². The number of hydrogen-bond acceptors (Lipinski definition) is 7. The summed E-state index contributed by atoms with van der Waals surface area (Å²) in [7, 11) is 0. The molecule has 0 spiro atoms. The Morgan fingerprint density at radius 3 is 2.84 bits per heavy atom. The van der Waals surface area contributed by atoms with Crippen LogP contribution in [-0.4, -0.2) is 45.2 Å². The minimum absolute atomic E-state index is 0.101. The molecule has 12 heteroatoms. The molecule has 158 valence electrons. The molecule has 1 aliphatic heterocycles. The summed E-state index contributed by atoms with van der Waals surface area (Å²) in [5.74, 6) is -1.60. The lowest BCUT2D eigenvalue weighted by molar-refractivity contribution is -0.384. The number of nitro groups is 1. The van der Waals surface area contributed by atoms with Crippen molar-refractivity contribution < 1.29 is 24.0 Å². The molecule has 0 saturated carbocycles. The number of fused-ring (bicyclic) bond motifs is 2. The Kier molecular flexibility index (Phi) is 4.95. The van der Waals surface area contributed by atoms with E-state index < -0.39 is 29.2 Å². The van der Waals surface area contributed by atoms with E-state index in [-0.39, 0.29) is 29.4 Å². The van der Waals surface area contributed by atoms with Crippen molar-refractivity contribution >= 4 is 34.7 Å². The lowest BCUT2D eigenvalue weighted by Gasteiger charge is -2.28. The number of ether oxygens (including phenoxy) is 1. The van der Waals surface area contributed by atoms with Gasteiger partial charge in [0, 0.05) is 18.3 Å². The maximum atomic E-state index is 12.6. The predicted molar refractivity (Wildman–Crippen MR) is 106 cm³/mol. The molecule has 12 nitrogen and oxygen atoms in total. The van der Waals surface area contributed by atoms with Crippen LogP contribution >= 0.6 is 0 Å². The Morgan fingerprint density at radius 1 is 1.26 bits per heavy atom. The maximum Gasteiger partial charge on any atom is 0.288 e. The van der Waals surface area contributed by atoms with Gasteiger partial charge in [0.05, 0.1) is 16.3 Å². The number of aromatic nitrogens is 2. The molecule has 0 fully saturated rings. The van der Waals surface area contributed by atoms with E-state index in [1.54, 1.807) is 35.7 Å². The van der Waals surface area contributed by atoms with Crippen LogP contribution in [0.5, 0.6) is 5.75 Å². The van der Waals surface area contributed by atoms with E-state index in [0.29, 0.717) is 11.3 Å². The summed E-state index contributed by atoms with van der Waals surface area (Å²) in [6, 6.07) is 9.02. The van der Waals surface area contributed by atoms with E-state index >= 15 is 0 Å². The fourth-order valence-electron chi connectivity index (χ4n) is 3.23. The minimum atomic E-state index is -0.701. The summed E-state index contributed by atoms with van der Waals surface area (Å²) in [4.78, 5) is 53.0. The van der Waals surface area contributed by atoms with Gasteiger partial charge in [-0.15, -0.1) is 0 Å². The number of aryl methyl sites for hydroxylation is 1. The first-order chi connectivity index (χ1) is 14.8. The fourth-order valence-corrected chi connectivity index (χ4v) is 3.23. The number of carbonyl (C=O) groups excluding carboxylic acids is 3. The normalized spacial score (nSPS) is 12.8. The maximum absolute atomic E-state index is 12.6. The molecule has 0 saturated heterocycles. The van der Waals surface area contributed by atoms with Crippen molar-refractivity contribution in [3.63, 3.8) is 0 Å². The molecule has 0 radical (unpaired) electrons. The Bertz CT molecular complexity index is 1240. The Morgan fingerprint density at radius 2 is 2.06 bits per heavy atom. The largest absolute Gasteiger partial charge is 0.482 e. The minimum Gasteiger partial charge on any atom is -0.482 e. The van der Waals surface area contributed by atoms with Gasteiger partial charge < -0.3 is 4.74 Å². The standard InChI is InChI=1S/C19H16N6O6/c1-11-18(23-7-3-2-4-15(23)20-11)19(28)22-21-16(26)9-24-13-8-12(25(29)30)5-6-14(13)31-10-17(24)27/h2-8H,9-10H2,1H3,(H,21,26)(H,22,28). The van der Waals surface area contributed by atoms with E-state index in [2.05, 4.69) is 15.8 Å². The summed E-state index contributed by atoms with van der Waals surface area (Å²) in [5, 5.41) is 11.0. The molecule has 3 heterocycles. The lowest BCUT2D eigenvalue weighted by atomic mass is 10.2. The van der Waals surface area contributed by atoms with Gasteiger partial charge in [-0.2, -0.15) is 0 Å². The average Bonchev–Trinajstić information content (AvgIpc) is 3.09. The molecule has 4 rings (SSSR count). The van der Waals surface area contributed by atoms with Crippen LogP contribution in [0.2, 0.25) is 0 Å². The second kappa shape index (κ2) is 7.74. The number of anilines is 1. The number of carbonyl (C=O) groups is 3. The first-order valence-corrected chi connectivity index (χ1v) is 9.09. The second-order valence-electron chi connectivity index (χ2n) is 6.65. The van der Waals surface area contributed by atoms with Gasteiger partial charge in [0.25, 0.3) is 23.4 Å². The van der Waals surface area contributed by atoms with Crippen LogP contribution in [0.4, 0.5) is 11.4 Å². The van der Waals surface area contributed by atoms with E-state index in [1.807, 2.05) is 0 Å². The molecule has 1 aliphatic rings. The van der Waals surface area contributed by atoms with Crippen molar-refractivity contribution in [1.82, 2.24) is 20.2 Å². The predicted octanol–water partition coefficient (Wildman–Crippen LogP) is 0.738. The van der Waals surface area contributed by atoms with Crippen molar-refractivity contribution in [2.75, 3.05) is 18.1 Å². The van der Waals surface area contributed by atoms with Crippen LogP contribution in [0.3, 0.4) is 0 Å². The van der Waals surface area contributed by atoms with Crippen molar-refractivity contribution in [1.29, 1.82) is 0 Å². The van der Waals surface area contributed by atoms with Crippen molar-refractivity contribution in [2.24, 2.45) is 0 Å². The highest BCUT2D eigenvalue weighted by Crippen LogP contribution is 2.35. The van der Waals surface area contributed by atoms with Crippen LogP contribution in [0, 0.1) is 17.0 Å². The van der Waals surface area contributed by atoms with Crippen LogP contribution in [0.15, 0.2) is 42.6 Å². The monoisotopic (exact) mass is 424 g/mol. The molecule has 0 atom stereocenters. The van der Waals surface area contributed by atoms with E-state index in [0.717, 1.165) is 11.0 Å². The van der Waals surface area contributed by atoms with Crippen molar-refractivity contribution in [2.45, 2.75) is 6.92 Å². The van der Waals surface area contributed by atoms with E-state index in [4.69, 9.17) is 4.74 Å². The number of nitrogens with zero attached hydrogens (tertiary/aromatic N) is 4. The molecule has 2 N–H and O–H groups in total. The lowest BCUT2D eigenvalue weighted by Crippen LogP contribution is -2.50. The third-order valence-corrected chi connectivity index (χ3v) is 4.63. The fraction of sp³-hybridized carbons (Fsp3) is 0.158. The van der Waals surface area contributed by atoms with Gasteiger partial charge in [0.1, 0.15) is 23.6 Å². The molecule has 31 heavy (non-hydrogen) atoms. The van der Waals surface area contributed by atoms with Gasteiger partial charge in [0.2, 0.25) is 0 Å². The number of non-ortho nitro benzene ring substituents is 1. The molecule has 3 aromatic rings. The third kappa shape index (κ3) is 3.73. The third-order valence-electron chi connectivity index (χ3n) is 4.63. The highest BCUT2D eigenvalue weighted by atomic mass is 16.6. The zero-order chi connectivity index (χ0) is 22.1. The number of hydrogen-bond donors (Lipinski definition) is 2. The first kappa shape index (κ1) is 19.8. The van der Waals surface area contributed by atoms with E-state index in [1.165, 1.54) is 12.1 Å². The number of amides is 3. The summed E-state index contributed by atoms with van der Waals surface area (Å²) >= 11 is 0. The number of nitrogens with one attached hydrogen (secondary N) is 2. The van der Waals surface area contributed by atoms with Gasteiger partial charge in [-0.25, -0.2) is 4.98 Å². The van der Waals surface area contributed by atoms with Gasteiger partial charge >= 0.3 is 0 Å². The zero-order valence-electron chi connectivity index (χ0n) is 16.2. The number of pyridine rings is 1. The summed E-state index contributed by atoms with van der Waals surface area (Å²) < 4.78 is 6.84. The SMILES string of the molecule is Cc1nc2ccccn2c1C(=O)NNC(=O)CN1C(=O)COc2ccc([N+](=O)[O-])cc21. The molecular formula is C19H16N6O6. The molecule has 0 aliphatic carbocycles. The Balaban J connectivity index is 1.47. The number of nitro benzene ring substituents is 1. The average molecular weight is 424 g/mol. The van der Waals surface area contributed by atoms with Gasteiger partial charge in [-0.1, -0.05) is 6.07 Å². The van der Waals surface area contributed by atoms with Crippen molar-refractivity contribution in [3.8, 4) is 5.75 Å². The molecule has 0 bridgehead atoms. The molecular weight excluding hydrogens is 408 g/mol. The van der Waals surface area contributed by atoms with Gasteiger partial charge in [-0.3, -0.25) is 44.7 Å². The molecule has 1 aromatic carbocycles. The smallest absolute Gasteiger partial charge is 0.288 e. The number of hydrazine groups is 1. The number of benzene rings is 1. The summed E-state index contributed by atoms with van der Waals surface area (Å²) in [5.41, 5.74) is 5.70. The summed E-state index contributed by atoms with van der Waals surface area (Å²) in [6.45, 7) is 0.883. The van der Waals surface area contributed by atoms with Crippen molar-refractivity contribution in [3.05, 3.63) is 64.1 Å². The second-order valence-corrected chi connectivity index (χ2v) is 6.65. The van der Waals surface area contributed by atoms with Crippen LogP contribution < -0.4 is 20.5 Å². The Labute approximate surface area is 174 Å². The zero-order valence-corrected chi connectivity index (χ0v) is 16.2. The van der Waals surface area contributed by atoms with E-state index in [9.17, 15) is 24.5 Å². The summed E-state index contributed by atoms with van der Waals surface area (Å²) in [6.07, 6.45) is 1.67. The molecule has 2 aromatic heterocycles. The highest BCUT2D eigenvalue weighted by molar-refractivity contribution is 6.03. The number of imidazole rings is 1. The van der Waals surface area contributed by atoms with Crippen LogP contribution in [-0.2, 0) is 9.59 Å². The Hall–Kier alpha value is -4.48. The molecule has 0 unspecified atom stereocenters.